The third-order valence-electron chi connectivity index (χ3n) is 4.76. The number of methoxy groups -OCH3 is 1. The molecule has 110 valence electrons. The van der Waals surface area contributed by atoms with Crippen LogP contribution in [0.2, 0.25) is 0 Å². The van der Waals surface area contributed by atoms with Gasteiger partial charge in [0.1, 0.15) is 5.60 Å². The zero-order valence-corrected chi connectivity index (χ0v) is 12.4. The number of hydrogen-bond donors (Lipinski definition) is 2. The van der Waals surface area contributed by atoms with Crippen molar-refractivity contribution < 1.29 is 9.53 Å². The van der Waals surface area contributed by atoms with E-state index < -0.39 is 5.60 Å². The molecule has 2 rings (SSSR count). The largest absolute Gasteiger partial charge is 0.368 e. The minimum Gasteiger partial charge on any atom is -0.368 e. The van der Waals surface area contributed by atoms with Gasteiger partial charge in [-0.2, -0.15) is 0 Å². The van der Waals surface area contributed by atoms with Crippen LogP contribution in [0.15, 0.2) is 0 Å². The van der Waals surface area contributed by atoms with E-state index in [0.29, 0.717) is 12.1 Å². The van der Waals surface area contributed by atoms with Gasteiger partial charge in [0.05, 0.1) is 0 Å². The molecule has 5 nitrogen and oxygen atoms in total. The van der Waals surface area contributed by atoms with Gasteiger partial charge in [-0.15, -0.1) is 0 Å². The Labute approximate surface area is 116 Å². The number of hydrogen-bond acceptors (Lipinski definition) is 4. The zero-order valence-electron chi connectivity index (χ0n) is 12.4. The van der Waals surface area contributed by atoms with Gasteiger partial charge in [0.2, 0.25) is 0 Å². The molecule has 2 atom stereocenters. The molecule has 2 fully saturated rings. The first kappa shape index (κ1) is 14.8. The third kappa shape index (κ3) is 3.27. The summed E-state index contributed by atoms with van der Waals surface area (Å²) in [4.78, 5) is 14.9. The van der Waals surface area contributed by atoms with Crippen LogP contribution in [0.5, 0.6) is 0 Å². The van der Waals surface area contributed by atoms with Gasteiger partial charge in [-0.25, -0.2) is 0 Å². The molecule has 0 bridgehead atoms. The van der Waals surface area contributed by atoms with Crippen molar-refractivity contribution in [1.29, 1.82) is 0 Å². The summed E-state index contributed by atoms with van der Waals surface area (Å²) in [5.41, 5.74) is -0.613. The second-order valence-electron chi connectivity index (χ2n) is 5.97. The highest BCUT2D eigenvalue weighted by Gasteiger charge is 2.40. The van der Waals surface area contributed by atoms with E-state index in [2.05, 4.69) is 29.5 Å². The molecular weight excluding hydrogens is 242 g/mol. The van der Waals surface area contributed by atoms with Crippen molar-refractivity contribution in [2.45, 2.75) is 50.3 Å². The summed E-state index contributed by atoms with van der Waals surface area (Å²) in [5, 5.41) is 6.49. The second-order valence-corrected chi connectivity index (χ2v) is 5.97. The quantitative estimate of drug-likeness (QED) is 0.776. The van der Waals surface area contributed by atoms with Crippen molar-refractivity contribution >= 4 is 5.91 Å². The topological polar surface area (TPSA) is 53.6 Å². The van der Waals surface area contributed by atoms with Gasteiger partial charge < -0.3 is 20.3 Å². The number of likely N-dealkylation sites (tertiary alicyclic amines) is 1. The Morgan fingerprint density at radius 2 is 2.11 bits per heavy atom. The normalized spacial score (nSPS) is 31.9. The molecular formula is C14H27N3O2. The number of nitrogens with zero attached hydrogens (tertiary/aromatic N) is 1. The standard InChI is InChI=1S/C14H27N3O2/c1-11-10-12(4-9-17(11)2)16-13(18)14(19-3)5-7-15-8-6-14/h11-12,15H,4-10H2,1-3H3,(H,16,18). The molecule has 0 aromatic carbocycles. The van der Waals surface area contributed by atoms with Crippen LogP contribution in [0.25, 0.3) is 0 Å². The number of carbonyl (C=O) groups excluding carboxylic acids is 1. The molecule has 0 aliphatic carbocycles. The first-order valence-corrected chi connectivity index (χ1v) is 7.34. The summed E-state index contributed by atoms with van der Waals surface area (Å²) in [5.74, 6) is 0.0817. The molecule has 0 radical (unpaired) electrons. The number of carbonyl (C=O) groups is 1. The van der Waals surface area contributed by atoms with E-state index in [4.69, 9.17) is 4.74 Å². The summed E-state index contributed by atoms with van der Waals surface area (Å²) in [6.07, 6.45) is 3.58. The Balaban J connectivity index is 1.92. The van der Waals surface area contributed by atoms with Crippen LogP contribution in [-0.4, -0.2) is 62.3 Å². The molecule has 2 saturated heterocycles. The zero-order chi connectivity index (χ0) is 13.9. The molecule has 0 saturated carbocycles. The fourth-order valence-corrected chi connectivity index (χ4v) is 3.09. The molecule has 1 amide bonds. The summed E-state index contributed by atoms with van der Waals surface area (Å²) in [6.45, 7) is 4.97. The molecule has 0 aromatic rings. The van der Waals surface area contributed by atoms with Gasteiger partial charge in [0, 0.05) is 25.7 Å². The van der Waals surface area contributed by atoms with E-state index in [9.17, 15) is 4.79 Å². The van der Waals surface area contributed by atoms with Gasteiger partial charge in [-0.1, -0.05) is 0 Å². The van der Waals surface area contributed by atoms with Crippen molar-refractivity contribution in [2.24, 2.45) is 0 Å². The fourth-order valence-electron chi connectivity index (χ4n) is 3.09. The summed E-state index contributed by atoms with van der Waals surface area (Å²) in [6, 6.07) is 0.825. The number of amides is 1. The van der Waals surface area contributed by atoms with Crippen molar-refractivity contribution in [2.75, 3.05) is 33.8 Å². The van der Waals surface area contributed by atoms with E-state index >= 15 is 0 Å². The molecule has 2 aliphatic heterocycles. The number of ether oxygens (including phenoxy) is 1. The highest BCUT2D eigenvalue weighted by Crippen LogP contribution is 2.24. The van der Waals surface area contributed by atoms with Crippen LogP contribution >= 0.6 is 0 Å². The maximum Gasteiger partial charge on any atom is 0.252 e. The molecule has 19 heavy (non-hydrogen) atoms. The van der Waals surface area contributed by atoms with Gasteiger partial charge >= 0.3 is 0 Å². The van der Waals surface area contributed by atoms with Crippen molar-refractivity contribution in [3.05, 3.63) is 0 Å². The van der Waals surface area contributed by atoms with E-state index in [0.717, 1.165) is 45.3 Å². The lowest BCUT2D eigenvalue weighted by atomic mass is 9.89. The van der Waals surface area contributed by atoms with Crippen molar-refractivity contribution in [3.8, 4) is 0 Å². The molecule has 2 aliphatic rings. The lowest BCUT2D eigenvalue weighted by Crippen LogP contribution is -2.57. The van der Waals surface area contributed by atoms with Crippen LogP contribution in [-0.2, 0) is 9.53 Å². The monoisotopic (exact) mass is 269 g/mol. The third-order valence-corrected chi connectivity index (χ3v) is 4.76. The summed E-state index contributed by atoms with van der Waals surface area (Å²) in [7, 11) is 3.80. The molecule has 2 heterocycles. The number of nitrogens with one attached hydrogen (secondary N) is 2. The molecule has 0 aromatic heterocycles. The van der Waals surface area contributed by atoms with Crippen LogP contribution in [0.1, 0.15) is 32.6 Å². The molecule has 2 unspecified atom stereocenters. The average molecular weight is 269 g/mol. The number of piperidine rings is 2. The summed E-state index contributed by atoms with van der Waals surface area (Å²) < 4.78 is 5.57. The van der Waals surface area contributed by atoms with E-state index in [1.165, 1.54) is 0 Å². The second kappa shape index (κ2) is 6.20. The Kier molecular flexibility index (Phi) is 4.81. The van der Waals surface area contributed by atoms with Crippen LogP contribution < -0.4 is 10.6 Å². The van der Waals surface area contributed by atoms with E-state index in [1.807, 2.05) is 0 Å². The Hall–Kier alpha value is -0.650. The predicted octanol–water partition coefficient (Wildman–Crippen LogP) is 0.354. The molecule has 5 heteroatoms. The van der Waals surface area contributed by atoms with Gasteiger partial charge in [-0.05, 0) is 52.7 Å². The van der Waals surface area contributed by atoms with Crippen molar-refractivity contribution in [3.63, 3.8) is 0 Å². The van der Waals surface area contributed by atoms with Crippen LogP contribution in [0, 0.1) is 0 Å². The lowest BCUT2D eigenvalue weighted by molar-refractivity contribution is -0.147. The van der Waals surface area contributed by atoms with Gasteiger partial charge in [-0.3, -0.25) is 4.79 Å². The highest BCUT2D eigenvalue weighted by atomic mass is 16.5. The van der Waals surface area contributed by atoms with E-state index in [-0.39, 0.29) is 5.91 Å². The van der Waals surface area contributed by atoms with E-state index in [1.54, 1.807) is 7.11 Å². The Bertz CT molecular complexity index is 316. The highest BCUT2D eigenvalue weighted by molar-refractivity contribution is 5.85. The average Bonchev–Trinajstić information content (AvgIpc) is 2.43. The fraction of sp³-hybridized carbons (Fsp3) is 0.929. The molecule has 2 N–H and O–H groups in total. The first-order chi connectivity index (χ1) is 9.07. The molecule has 0 spiro atoms. The Morgan fingerprint density at radius 1 is 1.42 bits per heavy atom. The minimum absolute atomic E-state index is 0.0817. The summed E-state index contributed by atoms with van der Waals surface area (Å²) >= 11 is 0. The Morgan fingerprint density at radius 3 is 2.68 bits per heavy atom. The number of rotatable bonds is 3. The smallest absolute Gasteiger partial charge is 0.252 e. The first-order valence-electron chi connectivity index (χ1n) is 7.34. The van der Waals surface area contributed by atoms with Crippen molar-refractivity contribution in [1.82, 2.24) is 15.5 Å². The van der Waals surface area contributed by atoms with Gasteiger partial charge in [0.15, 0.2) is 0 Å². The SMILES string of the molecule is COC1(C(=O)NC2CCN(C)C(C)C2)CCNCC1. The lowest BCUT2D eigenvalue weighted by Gasteiger charge is -2.39. The maximum atomic E-state index is 12.5. The predicted molar refractivity (Wildman–Crippen MR) is 75.1 cm³/mol. The van der Waals surface area contributed by atoms with Crippen LogP contribution in [0.3, 0.4) is 0 Å². The maximum absolute atomic E-state index is 12.5. The minimum atomic E-state index is -0.613. The van der Waals surface area contributed by atoms with Crippen LogP contribution in [0.4, 0.5) is 0 Å². The van der Waals surface area contributed by atoms with Gasteiger partial charge in [0.25, 0.3) is 5.91 Å².